The topological polar surface area (TPSA) is 278 Å². The third-order valence-electron chi connectivity index (χ3n) is 15.4. The van der Waals surface area contributed by atoms with Gasteiger partial charge in [-0.05, 0) is 125 Å². The van der Waals surface area contributed by atoms with Crippen LogP contribution in [-0.4, -0.2) is 220 Å². The van der Waals surface area contributed by atoms with Crippen molar-refractivity contribution in [2.75, 3.05) is 97.6 Å². The highest BCUT2D eigenvalue weighted by atomic mass is 35.5. The number of rotatable bonds is 23. The Hall–Kier alpha value is -8.25. The molecule has 9 rings (SSSR count). The number of benzene rings is 2. The summed E-state index contributed by atoms with van der Waals surface area (Å²) in [6, 6.07) is 16.9. The number of alkyl halides is 1. The third kappa shape index (κ3) is 24.4. The predicted octanol–water partition coefficient (Wildman–Crippen LogP) is 9.85. The number of carbonyl (C=O) groups excluding carboxylic acids is 4. The van der Waals surface area contributed by atoms with Crippen molar-refractivity contribution in [2.24, 2.45) is 10.3 Å². The molecule has 0 radical (unpaired) electrons. The molecule has 30 heteroatoms. The maximum Gasteiger partial charge on any atom is 0.320 e. The Morgan fingerprint density at radius 1 is 0.691 bits per heavy atom. The molecule has 4 aromatic heterocycles. The molecule has 6 aromatic rings. The summed E-state index contributed by atoms with van der Waals surface area (Å²) in [6.45, 7) is 44.0. The second-order valence-corrected chi connectivity index (χ2v) is 27.0. The first-order chi connectivity index (χ1) is 46.2. The Morgan fingerprint density at radius 2 is 1.20 bits per heavy atom. The molecule has 0 bridgehead atoms. The Kier molecular flexibility index (Phi) is 28.5. The van der Waals surface area contributed by atoms with E-state index in [-0.39, 0.29) is 47.8 Å². The van der Waals surface area contributed by atoms with Crippen LogP contribution in [0.1, 0.15) is 127 Å². The number of carbonyl (C=O) groups is 4. The number of nitrogens with one attached hydrogen (secondary N) is 3. The molecule has 0 aliphatic carbocycles. The average Bonchev–Trinajstić information content (AvgIpc) is 1.69. The zero-order valence-corrected chi connectivity index (χ0v) is 59.1. The minimum atomic E-state index is -0.475. The highest BCUT2D eigenvalue weighted by molar-refractivity contribution is 6.34. The second kappa shape index (κ2) is 36.4. The average molecular weight is 1400 g/mol. The highest BCUT2D eigenvalue weighted by Gasteiger charge is 2.27. The lowest BCUT2D eigenvalue weighted by molar-refractivity contribution is -0.157. The lowest BCUT2D eigenvalue weighted by Crippen LogP contribution is -2.49. The van der Waals surface area contributed by atoms with Crippen molar-refractivity contribution in [1.82, 2.24) is 69.8 Å². The van der Waals surface area contributed by atoms with Crippen LogP contribution in [0.2, 0.25) is 10.0 Å². The number of aromatic amines is 1. The molecule has 2 amide bonds. The number of halogens is 3. The molecule has 7 heterocycles. The van der Waals surface area contributed by atoms with Crippen LogP contribution in [0.3, 0.4) is 0 Å². The van der Waals surface area contributed by atoms with Crippen LogP contribution in [0.25, 0.3) is 32.2 Å². The van der Waals surface area contributed by atoms with Gasteiger partial charge in [0.2, 0.25) is 11.4 Å². The molecular weight excluding hydrogens is 1310 g/mol. The van der Waals surface area contributed by atoms with Gasteiger partial charge >= 0.3 is 11.9 Å². The summed E-state index contributed by atoms with van der Waals surface area (Å²) in [5.41, 5.74) is 5.48. The number of esters is 2. The van der Waals surface area contributed by atoms with Gasteiger partial charge in [-0.3, -0.25) is 53.2 Å². The summed E-state index contributed by atoms with van der Waals surface area (Å²) in [6.07, 6.45) is 6.12. The van der Waals surface area contributed by atoms with Gasteiger partial charge in [-0.1, -0.05) is 57.8 Å². The first kappa shape index (κ1) is 76.1. The smallest absolute Gasteiger partial charge is 0.320 e. The summed E-state index contributed by atoms with van der Waals surface area (Å²) >= 11 is 18.0. The molecule has 522 valence electrons. The van der Waals surface area contributed by atoms with Crippen LogP contribution in [0.15, 0.2) is 83.4 Å². The first-order valence-electron chi connectivity index (χ1n) is 32.2. The van der Waals surface area contributed by atoms with Gasteiger partial charge in [-0.15, -0.1) is 11.6 Å². The third-order valence-corrected chi connectivity index (χ3v) is 16.1. The van der Waals surface area contributed by atoms with Crippen LogP contribution in [0, 0.1) is 13.1 Å². The molecule has 3 atom stereocenters. The van der Waals surface area contributed by atoms with Gasteiger partial charge in [0, 0.05) is 124 Å². The number of H-pyrrole nitrogens is 1. The molecule has 3 aliphatic rings. The maximum atomic E-state index is 12.9. The standard InChI is InChI=1S/C31H40ClN9O4.C24H26ClN7O3.C12H23ClN2O2/c1-21(19-41-10-9-25(37-41)23-7-8-26(33-6)24(32)17-23)34-30(43)28-18-27(35-36-28)22(2)38-44-16-15-39-11-13-40(14-12-39)20-29(42)45-31(3,4)5;1-15(14-31-10-9-19(28-31)17-7-8-20(26-3)18(25)12-17)27-24(33)21-13-22(16(2)30-34)32(29-21)23-6-4-5-11-35-23;1-12(2,3)17-11(16)10-15-8-6-14(5-4-13)7-9-15/h7-10,17-18,21H,11-16,19-20H2,1-5H3,(H,34,43)(H,35,36);7-10,12-13,15,23,34H,4-6,11,14H2,1-2H3,(H,27,33);4-10H2,1-3H3/b38-22+;30-16-;/t21-;15-,23?;/m00./s1. The minimum Gasteiger partial charge on any atom is -0.459 e. The quantitative estimate of drug-likeness (QED) is 0.00883. The summed E-state index contributed by atoms with van der Waals surface area (Å²) < 4.78 is 21.6. The largest absolute Gasteiger partial charge is 0.459 e. The van der Waals surface area contributed by atoms with Crippen molar-refractivity contribution < 1.29 is 43.4 Å². The SMILES string of the molecule is CC(C)(C)OC(=O)CN1CCN(CCCl)CC1.[C-]#[N+]c1ccc(-c2ccn(C[C@H](C)NC(=O)c3cc(/C(C)=N/OCCN4CCN(CC(=O)OC(C)(C)C)CC4)n[nH]3)n2)cc1Cl.[C-]#[N+]c1ccc(-c2ccn(C[C@H](C)NC(=O)c3cc(/C(C)=N\O)n(C4CCCCO4)n3)n2)cc1Cl. The van der Waals surface area contributed by atoms with Crippen LogP contribution in [-0.2, 0) is 41.7 Å². The molecular formula is C67H89Cl3N18O9. The van der Waals surface area contributed by atoms with Crippen molar-refractivity contribution in [3.05, 3.63) is 129 Å². The van der Waals surface area contributed by atoms with E-state index in [1.807, 2.05) is 86.0 Å². The van der Waals surface area contributed by atoms with Crippen molar-refractivity contribution in [1.29, 1.82) is 0 Å². The zero-order valence-electron chi connectivity index (χ0n) is 56.9. The van der Waals surface area contributed by atoms with Crippen molar-refractivity contribution in [3.63, 3.8) is 0 Å². The predicted molar refractivity (Wildman–Crippen MR) is 372 cm³/mol. The number of ether oxygens (including phenoxy) is 3. The minimum absolute atomic E-state index is 0.136. The number of hydrogen-bond donors (Lipinski definition) is 4. The van der Waals surface area contributed by atoms with Crippen molar-refractivity contribution >= 4 is 81.4 Å². The highest BCUT2D eigenvalue weighted by Crippen LogP contribution is 2.32. The van der Waals surface area contributed by atoms with Crippen molar-refractivity contribution in [3.8, 4) is 22.5 Å². The van der Waals surface area contributed by atoms with E-state index in [0.29, 0.717) is 102 Å². The van der Waals surface area contributed by atoms with Gasteiger partial charge in [0.25, 0.3) is 11.8 Å². The number of amides is 2. The molecule has 97 heavy (non-hydrogen) atoms. The van der Waals surface area contributed by atoms with Gasteiger partial charge < -0.3 is 34.9 Å². The number of nitrogens with zero attached hydrogens (tertiary/aromatic N) is 15. The second-order valence-electron chi connectivity index (χ2n) is 25.8. The summed E-state index contributed by atoms with van der Waals surface area (Å²) in [5, 5.41) is 43.9. The van der Waals surface area contributed by atoms with Crippen LogP contribution >= 0.6 is 34.8 Å². The monoisotopic (exact) mass is 1390 g/mol. The Labute approximate surface area is 581 Å². The van der Waals surface area contributed by atoms with Crippen LogP contribution < -0.4 is 10.6 Å². The number of piperazine rings is 2. The number of oxime groups is 2. The van der Waals surface area contributed by atoms with Crippen molar-refractivity contribution in [2.45, 2.75) is 131 Å². The molecule has 3 saturated heterocycles. The van der Waals surface area contributed by atoms with E-state index in [1.54, 1.807) is 70.4 Å². The van der Waals surface area contributed by atoms with Crippen LogP contribution in [0.5, 0.6) is 0 Å². The van der Waals surface area contributed by atoms with Crippen LogP contribution in [0.4, 0.5) is 11.4 Å². The fourth-order valence-corrected chi connectivity index (χ4v) is 11.2. The van der Waals surface area contributed by atoms with E-state index in [0.717, 1.165) is 101 Å². The molecule has 2 aromatic carbocycles. The number of hydrogen-bond acceptors (Lipinski definition) is 19. The summed E-state index contributed by atoms with van der Waals surface area (Å²) in [7, 11) is 0. The normalized spacial score (nSPS) is 16.7. The fourth-order valence-electron chi connectivity index (χ4n) is 10.5. The Bertz CT molecular complexity index is 3740. The van der Waals surface area contributed by atoms with Gasteiger partial charge in [-0.25, -0.2) is 14.4 Å². The first-order valence-corrected chi connectivity index (χ1v) is 33.5. The van der Waals surface area contributed by atoms with E-state index in [1.165, 1.54) is 0 Å². The summed E-state index contributed by atoms with van der Waals surface area (Å²) in [4.78, 5) is 70.6. The van der Waals surface area contributed by atoms with Gasteiger partial charge in [0.15, 0.2) is 11.9 Å². The van der Waals surface area contributed by atoms with E-state index in [9.17, 15) is 24.4 Å². The maximum absolute atomic E-state index is 12.9. The molecule has 4 N–H and O–H groups in total. The molecule has 0 spiro atoms. The zero-order chi connectivity index (χ0) is 70.4. The number of aromatic nitrogens is 8. The molecule has 0 saturated carbocycles. The molecule has 3 fully saturated rings. The van der Waals surface area contributed by atoms with Gasteiger partial charge in [-0.2, -0.15) is 20.4 Å². The van der Waals surface area contributed by atoms with E-state index in [2.05, 4.69) is 75.7 Å². The van der Waals surface area contributed by atoms with E-state index in [4.69, 9.17) is 67.0 Å². The summed E-state index contributed by atoms with van der Waals surface area (Å²) in [5.74, 6) is -0.299. The molecule has 1 unspecified atom stereocenters. The van der Waals surface area contributed by atoms with E-state index >= 15 is 0 Å². The van der Waals surface area contributed by atoms with Gasteiger partial charge in [0.1, 0.15) is 40.6 Å². The fraction of sp³-hybridized carbons (Fsp3) is 0.522. The van der Waals surface area contributed by atoms with E-state index < -0.39 is 11.2 Å². The van der Waals surface area contributed by atoms with Gasteiger partial charge in [0.05, 0.1) is 56.4 Å². The molecule has 3 aliphatic heterocycles. The lowest BCUT2D eigenvalue weighted by Gasteiger charge is -2.34. The Balaban J connectivity index is 0.000000225. The lowest BCUT2D eigenvalue weighted by atomic mass is 10.1. The Morgan fingerprint density at radius 3 is 1.66 bits per heavy atom. The molecule has 27 nitrogen and oxygen atoms in total.